The first-order valence-corrected chi connectivity index (χ1v) is 48.4. The van der Waals surface area contributed by atoms with Crippen LogP contribution in [-0.4, -0.2) is 215 Å². The normalized spacial score (nSPS) is 24.8. The van der Waals surface area contributed by atoms with Gasteiger partial charge in [0.15, 0.2) is 12.6 Å². The number of hydrogen-bond donors (Lipinski definition) is 14. The Bertz CT molecular complexity index is 2280. The van der Waals surface area contributed by atoms with Crippen molar-refractivity contribution < 1.29 is 104 Å². The number of nitrogens with one attached hydrogen (secondary N) is 2. The maximum Gasteiger partial charge on any atom is 0.364 e. The quantitative estimate of drug-likeness (QED) is 0.0252. The molecule has 0 aromatic carbocycles. The molecule has 18 atom stereocenters. The van der Waals surface area contributed by atoms with Gasteiger partial charge in [0.05, 0.1) is 50.7 Å². The standard InChI is InChI=1S/C93H178N2O21/c1-4-6-8-10-12-14-16-18-20-22-24-26-28-29-30-31-32-33-34-35-36-37-38-39-40-41-42-43-45-47-49-51-53-55-57-59-61-63-65-67-80(103)95-74(75(100)66-64-62-60-58-56-54-52-50-48-46-44-27-25-23-21-19-17-15-13-11-9-7-5-2)72-111-90-85(107)84(106)87(79(71-98)113-90)114-91-86(108)89(83(105)78(70-97)112-91)116-93(92(109)110)68-76(101)81(94-73(3)99)88(115-93)82(104)77(102)69-96/h74-79,81-91,96-98,100-102,104-108H,4-72H2,1-3H3,(H,94,99)(H,95,103)(H,109,110). The molecule has 2 amide bonds. The van der Waals surface area contributed by atoms with Gasteiger partial charge in [0, 0.05) is 19.8 Å². The number of amides is 2. The molecular weight excluding hydrogens is 1480 g/mol. The molecule has 23 heteroatoms. The van der Waals surface area contributed by atoms with Gasteiger partial charge in [-0.2, -0.15) is 0 Å². The molecule has 3 fully saturated rings. The highest BCUT2D eigenvalue weighted by molar-refractivity contribution is 5.77. The lowest BCUT2D eigenvalue weighted by Gasteiger charge is -2.50. The molecule has 14 N–H and O–H groups in total. The number of carbonyl (C=O) groups excluding carboxylic acids is 2. The first kappa shape index (κ1) is 108. The van der Waals surface area contributed by atoms with Crippen LogP contribution in [0.4, 0.5) is 0 Å². The van der Waals surface area contributed by atoms with Crippen LogP contribution >= 0.6 is 0 Å². The van der Waals surface area contributed by atoms with E-state index in [0.717, 1.165) is 51.9 Å². The SMILES string of the molecule is CCCCCCCCCCCCCCCCCCCCCCCCCCCCCCCCCCCCCCCCCC(=O)NC(COC1OC(CO)C(OC2OC(CO)C(O)C(OC3(C(=O)O)CC(O)C(NC(C)=O)C(C(O)C(O)CO)O3)C2O)C(O)C1O)C(O)CCCCCCCCCCCCCCCCCCCCCCCCC. The van der Waals surface area contributed by atoms with Gasteiger partial charge in [0.2, 0.25) is 11.8 Å². The molecule has 3 rings (SSSR count). The van der Waals surface area contributed by atoms with E-state index in [-0.39, 0.29) is 18.9 Å². The van der Waals surface area contributed by atoms with Gasteiger partial charge in [-0.3, -0.25) is 9.59 Å². The van der Waals surface area contributed by atoms with Crippen molar-refractivity contribution in [1.82, 2.24) is 10.6 Å². The fraction of sp³-hybridized carbons (Fsp3) is 0.968. The molecule has 686 valence electrons. The number of carboxylic acid groups (broad SMARTS) is 1. The van der Waals surface area contributed by atoms with Gasteiger partial charge in [-0.15, -0.1) is 0 Å². The van der Waals surface area contributed by atoms with Crippen LogP contribution in [-0.2, 0) is 42.8 Å². The molecule has 3 aliphatic heterocycles. The Balaban J connectivity index is 1.39. The van der Waals surface area contributed by atoms with E-state index in [2.05, 4.69) is 24.5 Å². The Hall–Kier alpha value is -2.27. The summed E-state index contributed by atoms with van der Waals surface area (Å²) >= 11 is 0. The van der Waals surface area contributed by atoms with Crippen molar-refractivity contribution in [1.29, 1.82) is 0 Å². The van der Waals surface area contributed by atoms with Gasteiger partial charge in [-0.1, -0.05) is 406 Å². The molecule has 0 aliphatic carbocycles. The van der Waals surface area contributed by atoms with Crippen LogP contribution in [0, 0.1) is 0 Å². The summed E-state index contributed by atoms with van der Waals surface area (Å²) in [4.78, 5) is 38.8. The predicted octanol–water partition coefficient (Wildman–Crippen LogP) is 16.7. The second-order valence-corrected chi connectivity index (χ2v) is 35.3. The molecule has 116 heavy (non-hydrogen) atoms. The average Bonchev–Trinajstić information content (AvgIpc) is 0.751. The van der Waals surface area contributed by atoms with E-state index >= 15 is 0 Å². The first-order chi connectivity index (χ1) is 56.4. The van der Waals surface area contributed by atoms with E-state index in [9.17, 15) is 75.7 Å². The Morgan fingerprint density at radius 3 is 1.08 bits per heavy atom. The second kappa shape index (κ2) is 71.1. The van der Waals surface area contributed by atoms with Crippen molar-refractivity contribution >= 4 is 17.8 Å². The molecule has 18 unspecified atom stereocenters. The molecule has 3 saturated heterocycles. The Kier molecular flexibility index (Phi) is 66.1. The van der Waals surface area contributed by atoms with Crippen molar-refractivity contribution in [3.8, 4) is 0 Å². The monoisotopic (exact) mass is 1660 g/mol. The number of unbranched alkanes of at least 4 members (excludes halogenated alkanes) is 60. The number of ether oxygens (including phenoxy) is 6. The molecule has 0 saturated carbocycles. The maximum absolute atomic E-state index is 13.6. The van der Waals surface area contributed by atoms with Gasteiger partial charge in [-0.25, -0.2) is 4.79 Å². The zero-order valence-corrected chi connectivity index (χ0v) is 73.6. The number of aliphatic carboxylic acids is 1. The third-order valence-electron chi connectivity index (χ3n) is 24.8. The highest BCUT2D eigenvalue weighted by Gasteiger charge is 2.60. The smallest absolute Gasteiger partial charge is 0.364 e. The highest BCUT2D eigenvalue weighted by Crippen LogP contribution is 2.39. The lowest BCUT2D eigenvalue weighted by molar-refractivity contribution is -0.386. The number of hydrogen-bond acceptors (Lipinski definition) is 20. The predicted molar refractivity (Wildman–Crippen MR) is 459 cm³/mol. The summed E-state index contributed by atoms with van der Waals surface area (Å²) in [5.74, 6) is -6.08. The largest absolute Gasteiger partial charge is 0.477 e. The summed E-state index contributed by atoms with van der Waals surface area (Å²) in [5.41, 5.74) is 0. The van der Waals surface area contributed by atoms with Gasteiger partial charge in [0.25, 0.3) is 5.79 Å². The van der Waals surface area contributed by atoms with E-state index in [0.29, 0.717) is 19.3 Å². The van der Waals surface area contributed by atoms with Crippen LogP contribution in [0.25, 0.3) is 0 Å². The number of carboxylic acids is 1. The summed E-state index contributed by atoms with van der Waals surface area (Å²) in [6.07, 6.45) is 52.8. The number of aliphatic hydroxyl groups is 11. The Morgan fingerprint density at radius 2 is 0.750 bits per heavy atom. The molecule has 0 radical (unpaired) electrons. The van der Waals surface area contributed by atoms with Crippen molar-refractivity contribution in [2.75, 3.05) is 26.4 Å². The summed E-state index contributed by atoms with van der Waals surface area (Å²) in [6.45, 7) is 2.30. The zero-order valence-electron chi connectivity index (χ0n) is 73.6. The molecule has 0 bridgehead atoms. The van der Waals surface area contributed by atoms with Gasteiger partial charge in [0.1, 0.15) is 67.1 Å². The van der Waals surface area contributed by atoms with Crippen LogP contribution < -0.4 is 10.6 Å². The average molecular weight is 1660 g/mol. The molecule has 0 spiro atoms. The third-order valence-corrected chi connectivity index (χ3v) is 24.8. The van der Waals surface area contributed by atoms with Crippen LogP contribution in [0.2, 0.25) is 0 Å². The lowest BCUT2D eigenvalue weighted by Crippen LogP contribution is -2.70. The molecule has 3 heterocycles. The van der Waals surface area contributed by atoms with E-state index in [1.54, 1.807) is 0 Å². The highest BCUT2D eigenvalue weighted by atomic mass is 16.8. The molecule has 3 aliphatic rings. The zero-order chi connectivity index (χ0) is 84.5. The Morgan fingerprint density at radius 1 is 0.414 bits per heavy atom. The van der Waals surface area contributed by atoms with E-state index in [1.807, 2.05) is 0 Å². The second-order valence-electron chi connectivity index (χ2n) is 35.3. The topological polar surface area (TPSA) is 373 Å². The van der Waals surface area contributed by atoms with Crippen molar-refractivity contribution in [2.24, 2.45) is 0 Å². The fourth-order valence-corrected chi connectivity index (χ4v) is 17.3. The van der Waals surface area contributed by atoms with Gasteiger partial charge < -0.3 is 100 Å². The minimum atomic E-state index is -3.08. The number of aliphatic hydroxyl groups excluding tert-OH is 11. The third kappa shape index (κ3) is 48.7. The molecular formula is C93H178N2O21. The summed E-state index contributed by atoms with van der Waals surface area (Å²) in [7, 11) is 0. The van der Waals surface area contributed by atoms with Crippen LogP contribution in [0.1, 0.15) is 438 Å². The van der Waals surface area contributed by atoms with E-state index < -0.39 is 148 Å². The van der Waals surface area contributed by atoms with Crippen molar-refractivity contribution in [3.05, 3.63) is 0 Å². The maximum atomic E-state index is 13.6. The number of carbonyl (C=O) groups is 3. The number of rotatable bonds is 80. The minimum Gasteiger partial charge on any atom is -0.477 e. The van der Waals surface area contributed by atoms with Crippen molar-refractivity contribution in [2.45, 2.75) is 548 Å². The first-order valence-electron chi connectivity index (χ1n) is 48.4. The Labute approximate surface area is 703 Å². The molecule has 23 nitrogen and oxygen atoms in total. The van der Waals surface area contributed by atoms with Crippen LogP contribution in [0.3, 0.4) is 0 Å². The summed E-state index contributed by atoms with van der Waals surface area (Å²) < 4.78 is 35.1. The van der Waals surface area contributed by atoms with Gasteiger partial charge in [-0.05, 0) is 12.8 Å². The van der Waals surface area contributed by atoms with Gasteiger partial charge >= 0.3 is 5.97 Å². The van der Waals surface area contributed by atoms with Crippen molar-refractivity contribution in [3.63, 3.8) is 0 Å². The fourth-order valence-electron chi connectivity index (χ4n) is 17.3. The molecule has 0 aromatic heterocycles. The lowest BCUT2D eigenvalue weighted by atomic mass is 9.88. The van der Waals surface area contributed by atoms with E-state index in [1.165, 1.54) is 340 Å². The van der Waals surface area contributed by atoms with Crippen LogP contribution in [0.5, 0.6) is 0 Å². The van der Waals surface area contributed by atoms with Crippen LogP contribution in [0.15, 0.2) is 0 Å². The summed E-state index contributed by atoms with van der Waals surface area (Å²) in [5, 5.41) is 137. The minimum absolute atomic E-state index is 0.230. The molecule has 0 aromatic rings. The summed E-state index contributed by atoms with van der Waals surface area (Å²) in [6, 6.07) is -2.53. The van der Waals surface area contributed by atoms with E-state index in [4.69, 9.17) is 28.4 Å².